The van der Waals surface area contributed by atoms with Crippen LogP contribution in [0.5, 0.6) is 0 Å². The van der Waals surface area contributed by atoms with Gasteiger partial charge in [-0.3, -0.25) is 4.79 Å². The van der Waals surface area contributed by atoms with Crippen LogP contribution < -0.4 is 10.6 Å². The number of nitrogens with one attached hydrogen (secondary N) is 2. The van der Waals surface area contributed by atoms with Crippen LogP contribution in [0.4, 0.5) is 0 Å². The number of carbonyl (C=O) groups excluding carboxylic acids is 1. The molecule has 16 heavy (non-hydrogen) atoms. The van der Waals surface area contributed by atoms with Crippen LogP contribution in [0, 0.1) is 0 Å². The van der Waals surface area contributed by atoms with Crippen LogP contribution in [0.15, 0.2) is 0 Å². The molecule has 0 aromatic rings. The Balaban J connectivity index is 0.00000225. The van der Waals surface area contributed by atoms with E-state index in [1.54, 1.807) is 7.11 Å². The van der Waals surface area contributed by atoms with Gasteiger partial charge in [0.2, 0.25) is 5.91 Å². The summed E-state index contributed by atoms with van der Waals surface area (Å²) >= 11 is 0. The normalized spacial score (nSPS) is 20.3. The first-order valence-corrected chi connectivity index (χ1v) is 5.59. The van der Waals surface area contributed by atoms with Crippen molar-refractivity contribution in [3.63, 3.8) is 0 Å². The van der Waals surface area contributed by atoms with E-state index in [0.29, 0.717) is 19.0 Å². The molecule has 0 aromatic heterocycles. The topological polar surface area (TPSA) is 50.4 Å². The lowest BCUT2D eigenvalue weighted by molar-refractivity contribution is -0.122. The first-order valence-electron chi connectivity index (χ1n) is 5.59. The van der Waals surface area contributed by atoms with Gasteiger partial charge in [-0.25, -0.2) is 0 Å². The maximum absolute atomic E-state index is 11.6. The lowest BCUT2D eigenvalue weighted by atomic mass is 10.1. The van der Waals surface area contributed by atoms with Crippen LogP contribution in [-0.2, 0) is 9.53 Å². The van der Waals surface area contributed by atoms with E-state index in [9.17, 15) is 4.79 Å². The molecule has 0 bridgehead atoms. The maximum atomic E-state index is 11.6. The predicted octanol–water partition coefficient (Wildman–Crippen LogP) is 1.09. The number of ether oxygens (including phenoxy) is 1. The van der Waals surface area contributed by atoms with Gasteiger partial charge in [-0.15, -0.1) is 12.4 Å². The Kier molecular flexibility index (Phi) is 6.95. The van der Waals surface area contributed by atoms with Crippen molar-refractivity contribution in [3.8, 4) is 0 Å². The van der Waals surface area contributed by atoms with Gasteiger partial charge in [-0.2, -0.15) is 0 Å². The highest BCUT2D eigenvalue weighted by Crippen LogP contribution is 2.09. The fourth-order valence-electron chi connectivity index (χ4n) is 1.61. The quantitative estimate of drug-likeness (QED) is 0.768. The average molecular weight is 251 g/mol. The SMILES string of the molecule is COC(C)(C)CNC(=O)CC1CCCN1.Cl. The highest BCUT2D eigenvalue weighted by molar-refractivity contribution is 5.85. The number of carbonyl (C=O) groups is 1. The molecule has 0 saturated carbocycles. The lowest BCUT2D eigenvalue weighted by Crippen LogP contribution is -2.41. The van der Waals surface area contributed by atoms with Crippen LogP contribution in [0.3, 0.4) is 0 Å². The summed E-state index contributed by atoms with van der Waals surface area (Å²) in [6.45, 7) is 5.53. The van der Waals surface area contributed by atoms with Gasteiger partial charge in [0.05, 0.1) is 5.60 Å². The van der Waals surface area contributed by atoms with E-state index in [1.165, 1.54) is 6.42 Å². The van der Waals surface area contributed by atoms with E-state index >= 15 is 0 Å². The first kappa shape index (κ1) is 15.7. The van der Waals surface area contributed by atoms with Crippen molar-refractivity contribution in [3.05, 3.63) is 0 Å². The van der Waals surface area contributed by atoms with Gasteiger partial charge in [0.15, 0.2) is 0 Å². The van der Waals surface area contributed by atoms with Crippen LogP contribution in [0.1, 0.15) is 33.1 Å². The standard InChI is InChI=1S/C11H22N2O2.ClH/c1-11(2,15-3)8-13-10(14)7-9-5-4-6-12-9;/h9,12H,4-8H2,1-3H3,(H,13,14);1H. The van der Waals surface area contributed by atoms with E-state index < -0.39 is 0 Å². The third-order valence-corrected chi connectivity index (χ3v) is 2.86. The smallest absolute Gasteiger partial charge is 0.221 e. The minimum Gasteiger partial charge on any atom is -0.377 e. The van der Waals surface area contributed by atoms with Gasteiger partial charge < -0.3 is 15.4 Å². The molecule has 0 spiro atoms. The summed E-state index contributed by atoms with van der Waals surface area (Å²) in [4.78, 5) is 11.6. The van der Waals surface area contributed by atoms with Crippen molar-refractivity contribution in [2.24, 2.45) is 0 Å². The highest BCUT2D eigenvalue weighted by atomic mass is 35.5. The zero-order valence-electron chi connectivity index (χ0n) is 10.3. The Bertz CT molecular complexity index is 216. The van der Waals surface area contributed by atoms with Crippen LogP contribution in [0.2, 0.25) is 0 Å². The molecule has 1 rings (SSSR count). The summed E-state index contributed by atoms with van der Waals surface area (Å²) in [6.07, 6.45) is 2.88. The van der Waals surface area contributed by atoms with Crippen LogP contribution in [0.25, 0.3) is 0 Å². The number of halogens is 1. The number of rotatable bonds is 5. The summed E-state index contributed by atoms with van der Waals surface area (Å²) < 4.78 is 5.23. The third-order valence-electron chi connectivity index (χ3n) is 2.86. The number of methoxy groups -OCH3 is 1. The molecule has 1 aliphatic heterocycles. The van der Waals surface area contributed by atoms with Gasteiger partial charge in [-0.05, 0) is 33.2 Å². The average Bonchev–Trinajstić information content (AvgIpc) is 2.68. The molecule has 1 amide bonds. The van der Waals surface area contributed by atoms with Gasteiger partial charge in [0, 0.05) is 26.1 Å². The number of hydrogen-bond acceptors (Lipinski definition) is 3. The van der Waals surface area contributed by atoms with Crippen LogP contribution in [-0.4, -0.2) is 37.7 Å². The molecule has 2 N–H and O–H groups in total. The molecule has 0 aromatic carbocycles. The number of hydrogen-bond donors (Lipinski definition) is 2. The summed E-state index contributed by atoms with van der Waals surface area (Å²) in [5.74, 6) is 0.111. The van der Waals surface area contributed by atoms with Gasteiger partial charge in [0.25, 0.3) is 0 Å². The molecular formula is C11H23ClN2O2. The second-order valence-electron chi connectivity index (χ2n) is 4.74. The highest BCUT2D eigenvalue weighted by Gasteiger charge is 2.20. The van der Waals surface area contributed by atoms with Crippen molar-refractivity contribution in [1.82, 2.24) is 10.6 Å². The van der Waals surface area contributed by atoms with E-state index in [2.05, 4.69) is 10.6 Å². The van der Waals surface area contributed by atoms with Crippen molar-refractivity contribution in [1.29, 1.82) is 0 Å². The molecule has 1 aliphatic rings. The van der Waals surface area contributed by atoms with Gasteiger partial charge in [0.1, 0.15) is 0 Å². The van der Waals surface area contributed by atoms with Crippen molar-refractivity contribution in [2.75, 3.05) is 20.2 Å². The lowest BCUT2D eigenvalue weighted by Gasteiger charge is -2.23. The predicted molar refractivity (Wildman–Crippen MR) is 67.0 cm³/mol. The summed E-state index contributed by atoms with van der Waals surface area (Å²) in [7, 11) is 1.66. The van der Waals surface area contributed by atoms with Gasteiger partial charge >= 0.3 is 0 Å². The molecule has 1 heterocycles. The van der Waals surface area contributed by atoms with E-state index in [-0.39, 0.29) is 23.9 Å². The molecule has 0 aliphatic carbocycles. The Morgan fingerprint density at radius 3 is 2.75 bits per heavy atom. The van der Waals surface area contributed by atoms with Crippen molar-refractivity contribution < 1.29 is 9.53 Å². The molecule has 1 unspecified atom stereocenters. The summed E-state index contributed by atoms with van der Waals surface area (Å²) in [6, 6.07) is 0.371. The summed E-state index contributed by atoms with van der Waals surface area (Å²) in [5.41, 5.74) is -0.279. The Morgan fingerprint density at radius 1 is 1.56 bits per heavy atom. The van der Waals surface area contributed by atoms with E-state index in [4.69, 9.17) is 4.74 Å². The fourth-order valence-corrected chi connectivity index (χ4v) is 1.61. The monoisotopic (exact) mass is 250 g/mol. The second-order valence-corrected chi connectivity index (χ2v) is 4.74. The largest absolute Gasteiger partial charge is 0.377 e. The number of amides is 1. The van der Waals surface area contributed by atoms with E-state index in [1.807, 2.05) is 13.8 Å². The molecular weight excluding hydrogens is 228 g/mol. The Hall–Kier alpha value is -0.320. The minimum absolute atomic E-state index is 0. The molecule has 0 radical (unpaired) electrons. The Morgan fingerprint density at radius 2 is 2.25 bits per heavy atom. The van der Waals surface area contributed by atoms with E-state index in [0.717, 1.165) is 13.0 Å². The zero-order valence-corrected chi connectivity index (χ0v) is 11.2. The van der Waals surface area contributed by atoms with Crippen molar-refractivity contribution in [2.45, 2.75) is 44.8 Å². The van der Waals surface area contributed by atoms with Gasteiger partial charge in [-0.1, -0.05) is 0 Å². The maximum Gasteiger partial charge on any atom is 0.221 e. The minimum atomic E-state index is -0.279. The second kappa shape index (κ2) is 7.09. The van der Waals surface area contributed by atoms with Crippen LogP contribution >= 0.6 is 12.4 Å². The van der Waals surface area contributed by atoms with Crippen molar-refractivity contribution >= 4 is 18.3 Å². The molecule has 1 saturated heterocycles. The molecule has 1 atom stereocenters. The third kappa shape index (κ3) is 5.68. The molecule has 1 fully saturated rings. The molecule has 4 nitrogen and oxygen atoms in total. The Labute approximate surface area is 104 Å². The first-order chi connectivity index (χ1) is 7.03. The molecule has 5 heteroatoms. The summed E-state index contributed by atoms with van der Waals surface area (Å²) in [5, 5.41) is 6.20. The zero-order chi connectivity index (χ0) is 11.3. The molecule has 96 valence electrons. The fraction of sp³-hybridized carbons (Fsp3) is 0.909.